The van der Waals surface area contributed by atoms with Gasteiger partial charge in [-0.1, -0.05) is 25.1 Å². The minimum absolute atomic E-state index is 0.0526. The number of hydrogen-bond acceptors (Lipinski definition) is 5. The van der Waals surface area contributed by atoms with Crippen LogP contribution in [0.25, 0.3) is 0 Å². The van der Waals surface area contributed by atoms with Gasteiger partial charge in [-0.2, -0.15) is 0 Å². The van der Waals surface area contributed by atoms with Crippen LogP contribution in [0, 0.1) is 5.92 Å². The van der Waals surface area contributed by atoms with Gasteiger partial charge in [-0.05, 0) is 35.4 Å². The van der Waals surface area contributed by atoms with Crippen molar-refractivity contribution in [2.24, 2.45) is 5.92 Å². The Labute approximate surface area is 175 Å². The Morgan fingerprint density at radius 1 is 1.10 bits per heavy atom. The molecule has 0 bridgehead atoms. The number of amides is 2. The van der Waals surface area contributed by atoms with Gasteiger partial charge >= 0.3 is 0 Å². The zero-order valence-corrected chi connectivity index (χ0v) is 17.2. The fraction of sp³-hybridized carbons (Fsp3) is 0.391. The zero-order valence-electron chi connectivity index (χ0n) is 17.2. The SMILES string of the molecule is CCC(=O)N1CC(C(=O)NCc2ccc3c(c2)OCO3)C(c2ccc(OC)cc2)C1. The second-order valence-corrected chi connectivity index (χ2v) is 7.54. The van der Waals surface area contributed by atoms with Gasteiger partial charge < -0.3 is 24.4 Å². The van der Waals surface area contributed by atoms with Crippen molar-refractivity contribution in [2.45, 2.75) is 25.8 Å². The van der Waals surface area contributed by atoms with E-state index in [2.05, 4.69) is 5.32 Å². The van der Waals surface area contributed by atoms with E-state index >= 15 is 0 Å². The van der Waals surface area contributed by atoms with Crippen LogP contribution in [0.4, 0.5) is 0 Å². The summed E-state index contributed by atoms with van der Waals surface area (Å²) in [6.07, 6.45) is 0.431. The van der Waals surface area contributed by atoms with Crippen molar-refractivity contribution in [2.75, 3.05) is 27.0 Å². The van der Waals surface area contributed by atoms with E-state index in [-0.39, 0.29) is 30.4 Å². The van der Waals surface area contributed by atoms with Crippen molar-refractivity contribution in [3.8, 4) is 17.2 Å². The monoisotopic (exact) mass is 410 g/mol. The summed E-state index contributed by atoms with van der Waals surface area (Å²) < 4.78 is 16.0. The number of rotatable bonds is 6. The molecule has 0 aromatic heterocycles. The fourth-order valence-electron chi connectivity index (χ4n) is 4.06. The second kappa shape index (κ2) is 8.65. The Morgan fingerprint density at radius 2 is 1.87 bits per heavy atom. The first-order valence-electron chi connectivity index (χ1n) is 10.2. The highest BCUT2D eigenvalue weighted by molar-refractivity contribution is 5.83. The van der Waals surface area contributed by atoms with Gasteiger partial charge in [-0.3, -0.25) is 9.59 Å². The number of nitrogens with one attached hydrogen (secondary N) is 1. The van der Waals surface area contributed by atoms with Crippen molar-refractivity contribution in [3.05, 3.63) is 53.6 Å². The van der Waals surface area contributed by atoms with Crippen LogP contribution >= 0.6 is 0 Å². The van der Waals surface area contributed by atoms with Crippen LogP contribution in [0.2, 0.25) is 0 Å². The Kier molecular flexibility index (Phi) is 5.79. The van der Waals surface area contributed by atoms with Gasteiger partial charge in [0.15, 0.2) is 11.5 Å². The molecule has 0 aliphatic carbocycles. The third-order valence-corrected chi connectivity index (χ3v) is 5.76. The predicted molar refractivity (Wildman–Crippen MR) is 111 cm³/mol. The highest BCUT2D eigenvalue weighted by Gasteiger charge is 2.39. The van der Waals surface area contributed by atoms with Crippen molar-refractivity contribution in [3.63, 3.8) is 0 Å². The number of ether oxygens (including phenoxy) is 3. The standard InChI is InChI=1S/C23H26N2O5/c1-3-22(26)25-12-18(16-5-7-17(28-2)8-6-16)19(13-25)23(27)24-11-15-4-9-20-21(10-15)30-14-29-20/h4-10,18-19H,3,11-14H2,1-2H3,(H,24,27). The number of carbonyl (C=O) groups excluding carboxylic acids is 2. The Morgan fingerprint density at radius 3 is 2.60 bits per heavy atom. The van der Waals surface area contributed by atoms with Crippen LogP contribution in [0.5, 0.6) is 17.2 Å². The number of carbonyl (C=O) groups is 2. The lowest BCUT2D eigenvalue weighted by molar-refractivity contribution is -0.130. The molecule has 1 fully saturated rings. The van der Waals surface area contributed by atoms with Gasteiger partial charge in [-0.25, -0.2) is 0 Å². The smallest absolute Gasteiger partial charge is 0.231 e. The van der Waals surface area contributed by atoms with E-state index in [0.29, 0.717) is 37.6 Å². The van der Waals surface area contributed by atoms with E-state index in [0.717, 1.165) is 16.9 Å². The summed E-state index contributed by atoms with van der Waals surface area (Å²) in [5, 5.41) is 3.03. The zero-order chi connectivity index (χ0) is 21.1. The quantitative estimate of drug-likeness (QED) is 0.792. The minimum atomic E-state index is -0.303. The summed E-state index contributed by atoms with van der Waals surface area (Å²) in [7, 11) is 1.62. The van der Waals surface area contributed by atoms with Crippen molar-refractivity contribution < 1.29 is 23.8 Å². The first-order chi connectivity index (χ1) is 14.6. The summed E-state index contributed by atoms with van der Waals surface area (Å²) in [5.74, 6) is 1.83. The number of methoxy groups -OCH3 is 1. The molecule has 2 unspecified atom stereocenters. The third-order valence-electron chi connectivity index (χ3n) is 5.76. The van der Waals surface area contributed by atoms with Crippen LogP contribution in [0.15, 0.2) is 42.5 Å². The van der Waals surface area contributed by atoms with Gasteiger partial charge in [0.1, 0.15) is 5.75 Å². The summed E-state index contributed by atoms with van der Waals surface area (Å²) >= 11 is 0. The number of hydrogen-bond donors (Lipinski definition) is 1. The van der Waals surface area contributed by atoms with Crippen LogP contribution in [0.3, 0.4) is 0 Å². The number of nitrogens with zero attached hydrogens (tertiary/aromatic N) is 1. The third kappa shape index (κ3) is 4.06. The number of fused-ring (bicyclic) bond motifs is 1. The summed E-state index contributed by atoms with van der Waals surface area (Å²) in [6.45, 7) is 3.43. The molecule has 7 nitrogen and oxygen atoms in total. The van der Waals surface area contributed by atoms with E-state index in [1.54, 1.807) is 12.0 Å². The molecule has 0 spiro atoms. The van der Waals surface area contributed by atoms with Crippen molar-refractivity contribution >= 4 is 11.8 Å². The van der Waals surface area contributed by atoms with Crippen LogP contribution in [-0.2, 0) is 16.1 Å². The molecule has 2 aliphatic rings. The van der Waals surface area contributed by atoms with Crippen LogP contribution < -0.4 is 19.5 Å². The molecule has 0 saturated carbocycles. The molecule has 1 N–H and O–H groups in total. The van der Waals surface area contributed by atoms with Crippen molar-refractivity contribution in [1.82, 2.24) is 10.2 Å². The average Bonchev–Trinajstić information content (AvgIpc) is 3.44. The molecule has 158 valence electrons. The lowest BCUT2D eigenvalue weighted by atomic mass is 9.88. The van der Waals surface area contributed by atoms with E-state index in [9.17, 15) is 9.59 Å². The first kappa shape index (κ1) is 20.1. The fourth-order valence-corrected chi connectivity index (χ4v) is 4.06. The van der Waals surface area contributed by atoms with Gasteiger partial charge in [0.05, 0.1) is 13.0 Å². The highest BCUT2D eigenvalue weighted by atomic mass is 16.7. The number of likely N-dealkylation sites (tertiary alicyclic amines) is 1. The topological polar surface area (TPSA) is 77.1 Å². The molecule has 4 rings (SSSR count). The van der Waals surface area contributed by atoms with Gasteiger partial charge in [-0.15, -0.1) is 0 Å². The van der Waals surface area contributed by atoms with E-state index in [4.69, 9.17) is 14.2 Å². The van der Waals surface area contributed by atoms with Gasteiger partial charge in [0.25, 0.3) is 0 Å². The van der Waals surface area contributed by atoms with E-state index < -0.39 is 0 Å². The Balaban J connectivity index is 1.48. The first-order valence-corrected chi connectivity index (χ1v) is 10.2. The predicted octanol–water partition coefficient (Wildman–Crippen LogP) is 2.69. The van der Waals surface area contributed by atoms with E-state index in [1.165, 1.54) is 0 Å². The molecular formula is C23H26N2O5. The van der Waals surface area contributed by atoms with Gasteiger partial charge in [0.2, 0.25) is 18.6 Å². The van der Waals surface area contributed by atoms with Crippen molar-refractivity contribution in [1.29, 1.82) is 0 Å². The van der Waals surface area contributed by atoms with Crippen LogP contribution in [-0.4, -0.2) is 43.7 Å². The molecule has 1 saturated heterocycles. The Bertz CT molecular complexity index is 928. The minimum Gasteiger partial charge on any atom is -0.497 e. The summed E-state index contributed by atoms with van der Waals surface area (Å²) in [4.78, 5) is 27.2. The molecule has 2 amide bonds. The molecule has 2 aromatic rings. The maximum Gasteiger partial charge on any atom is 0.231 e. The molecular weight excluding hydrogens is 384 g/mol. The Hall–Kier alpha value is -3.22. The largest absolute Gasteiger partial charge is 0.497 e. The molecule has 2 aromatic carbocycles. The normalized spacial score (nSPS) is 19.6. The molecule has 30 heavy (non-hydrogen) atoms. The molecule has 2 heterocycles. The highest BCUT2D eigenvalue weighted by Crippen LogP contribution is 2.35. The summed E-state index contributed by atoms with van der Waals surface area (Å²) in [5.41, 5.74) is 1.97. The molecule has 7 heteroatoms. The second-order valence-electron chi connectivity index (χ2n) is 7.54. The molecule has 2 aliphatic heterocycles. The average molecular weight is 410 g/mol. The lowest BCUT2D eigenvalue weighted by Crippen LogP contribution is -2.35. The molecule has 0 radical (unpaired) electrons. The van der Waals surface area contributed by atoms with Gasteiger partial charge in [0, 0.05) is 32.0 Å². The maximum absolute atomic E-state index is 13.1. The number of benzene rings is 2. The van der Waals surface area contributed by atoms with E-state index in [1.807, 2.05) is 49.4 Å². The maximum atomic E-state index is 13.1. The van der Waals surface area contributed by atoms with Crippen LogP contribution in [0.1, 0.15) is 30.4 Å². The lowest BCUT2D eigenvalue weighted by Gasteiger charge is -2.18. The summed E-state index contributed by atoms with van der Waals surface area (Å²) in [6, 6.07) is 13.4. The molecule has 2 atom stereocenters.